The molecule has 0 atom stereocenters. The summed E-state index contributed by atoms with van der Waals surface area (Å²) in [5.74, 6) is 3.18. The van der Waals surface area contributed by atoms with Gasteiger partial charge >= 0.3 is 6.36 Å². The number of rotatable bonds is 9. The Bertz CT molecular complexity index is 594. The normalized spacial score (nSPS) is 27.7. The molecule has 0 spiro atoms. The highest BCUT2D eigenvalue weighted by atomic mass is 19.4. The first-order valence-corrected chi connectivity index (χ1v) is 12.3. The molecule has 2 fully saturated rings. The van der Waals surface area contributed by atoms with Gasteiger partial charge in [0.25, 0.3) is 0 Å². The molecule has 0 amide bonds. The quantitative estimate of drug-likeness (QED) is 0.384. The molecule has 3 rings (SSSR count). The average Bonchev–Trinajstić information content (AvgIpc) is 2.73. The molecule has 170 valence electrons. The monoisotopic (exact) mass is 424 g/mol. The minimum absolute atomic E-state index is 0.126. The lowest BCUT2D eigenvalue weighted by Gasteiger charge is -2.31. The summed E-state index contributed by atoms with van der Waals surface area (Å²) in [6.07, 6.45) is 14.4. The standard InChI is InChI=1S/C26H39F3O/c1-2-3-5-20-8-10-21(11-9-20)6-4-7-22-12-14-23(15-13-22)24-16-18-25(19-17-24)30-26(27,28)29/h16-23H,2-15H2,1H3. The molecule has 0 N–H and O–H groups in total. The zero-order valence-corrected chi connectivity index (χ0v) is 18.6. The Balaban J connectivity index is 1.30. The van der Waals surface area contributed by atoms with Crippen molar-refractivity contribution in [3.63, 3.8) is 0 Å². The molecular formula is C26H39F3O. The van der Waals surface area contributed by atoms with E-state index < -0.39 is 6.36 Å². The van der Waals surface area contributed by atoms with Crippen LogP contribution in [0.1, 0.15) is 108 Å². The Morgan fingerprint density at radius 1 is 0.733 bits per heavy atom. The number of unbranched alkanes of at least 4 members (excludes halogenated alkanes) is 1. The van der Waals surface area contributed by atoms with Crippen molar-refractivity contribution in [2.75, 3.05) is 0 Å². The van der Waals surface area contributed by atoms with Gasteiger partial charge < -0.3 is 4.74 Å². The van der Waals surface area contributed by atoms with E-state index in [1.54, 1.807) is 0 Å². The lowest BCUT2D eigenvalue weighted by molar-refractivity contribution is -0.274. The number of alkyl halides is 3. The van der Waals surface area contributed by atoms with Gasteiger partial charge in [-0.1, -0.05) is 83.3 Å². The van der Waals surface area contributed by atoms with Gasteiger partial charge in [0.2, 0.25) is 0 Å². The highest BCUT2D eigenvalue weighted by Crippen LogP contribution is 2.40. The highest BCUT2D eigenvalue weighted by molar-refractivity contribution is 5.29. The van der Waals surface area contributed by atoms with Crippen LogP contribution in [-0.4, -0.2) is 6.36 Å². The molecule has 2 aliphatic rings. The van der Waals surface area contributed by atoms with Crippen LogP contribution in [0.2, 0.25) is 0 Å². The summed E-state index contributed by atoms with van der Waals surface area (Å²) < 4.78 is 40.9. The van der Waals surface area contributed by atoms with Gasteiger partial charge in [0, 0.05) is 0 Å². The first kappa shape index (κ1) is 23.5. The van der Waals surface area contributed by atoms with Crippen molar-refractivity contribution in [3.8, 4) is 5.75 Å². The Morgan fingerprint density at radius 3 is 1.67 bits per heavy atom. The van der Waals surface area contributed by atoms with Gasteiger partial charge in [-0.3, -0.25) is 0 Å². The fourth-order valence-corrected chi connectivity index (χ4v) is 5.72. The van der Waals surface area contributed by atoms with Gasteiger partial charge in [0.15, 0.2) is 0 Å². The van der Waals surface area contributed by atoms with Crippen LogP contribution >= 0.6 is 0 Å². The third-order valence-electron chi connectivity index (χ3n) is 7.59. The van der Waals surface area contributed by atoms with E-state index in [4.69, 9.17) is 0 Å². The lowest BCUT2D eigenvalue weighted by atomic mass is 9.75. The summed E-state index contributed by atoms with van der Waals surface area (Å²) in [5.41, 5.74) is 1.16. The molecular weight excluding hydrogens is 385 g/mol. The number of halogens is 3. The average molecular weight is 425 g/mol. The summed E-state index contributed by atoms with van der Waals surface area (Å²) >= 11 is 0. The Morgan fingerprint density at radius 2 is 1.20 bits per heavy atom. The third kappa shape index (κ3) is 7.81. The van der Waals surface area contributed by atoms with Crippen LogP contribution in [0.15, 0.2) is 24.3 Å². The van der Waals surface area contributed by atoms with E-state index in [1.165, 1.54) is 89.2 Å². The maximum atomic E-state index is 12.3. The second kappa shape index (κ2) is 11.4. The number of hydrogen-bond acceptors (Lipinski definition) is 1. The largest absolute Gasteiger partial charge is 0.573 e. The van der Waals surface area contributed by atoms with Crippen molar-refractivity contribution >= 4 is 0 Å². The molecule has 0 saturated heterocycles. The van der Waals surface area contributed by atoms with Crippen LogP contribution in [0.3, 0.4) is 0 Å². The number of benzene rings is 1. The van der Waals surface area contributed by atoms with E-state index in [0.29, 0.717) is 5.92 Å². The van der Waals surface area contributed by atoms with Crippen molar-refractivity contribution in [1.29, 1.82) is 0 Å². The molecule has 30 heavy (non-hydrogen) atoms. The van der Waals surface area contributed by atoms with Gasteiger partial charge in [0.1, 0.15) is 5.75 Å². The summed E-state index contributed by atoms with van der Waals surface area (Å²) in [5, 5.41) is 0. The SMILES string of the molecule is CCCCC1CCC(CCCC2CCC(c3ccc(OC(F)(F)F)cc3)CC2)CC1. The Labute approximate surface area is 180 Å². The van der Waals surface area contributed by atoms with Crippen molar-refractivity contribution in [3.05, 3.63) is 29.8 Å². The van der Waals surface area contributed by atoms with E-state index in [1.807, 2.05) is 12.1 Å². The van der Waals surface area contributed by atoms with Crippen LogP contribution in [0.25, 0.3) is 0 Å². The second-order valence-corrected chi connectivity index (χ2v) is 9.79. The summed E-state index contributed by atoms with van der Waals surface area (Å²) in [7, 11) is 0. The zero-order chi connectivity index (χ0) is 21.4. The van der Waals surface area contributed by atoms with Crippen LogP contribution in [-0.2, 0) is 0 Å². The molecule has 2 aliphatic carbocycles. The molecule has 1 aromatic carbocycles. The van der Waals surface area contributed by atoms with E-state index >= 15 is 0 Å². The molecule has 0 aliphatic heterocycles. The molecule has 2 saturated carbocycles. The van der Waals surface area contributed by atoms with E-state index in [0.717, 1.165) is 36.2 Å². The van der Waals surface area contributed by atoms with Crippen LogP contribution in [0.5, 0.6) is 5.75 Å². The number of hydrogen-bond donors (Lipinski definition) is 0. The van der Waals surface area contributed by atoms with Gasteiger partial charge in [-0.25, -0.2) is 0 Å². The van der Waals surface area contributed by atoms with Gasteiger partial charge in [-0.05, 0) is 67.1 Å². The van der Waals surface area contributed by atoms with Crippen molar-refractivity contribution in [2.24, 2.45) is 17.8 Å². The summed E-state index contributed by atoms with van der Waals surface area (Å²) in [4.78, 5) is 0. The second-order valence-electron chi connectivity index (χ2n) is 9.79. The molecule has 4 heteroatoms. The Hall–Kier alpha value is -1.19. The highest BCUT2D eigenvalue weighted by Gasteiger charge is 2.31. The topological polar surface area (TPSA) is 9.23 Å². The molecule has 0 aromatic heterocycles. The maximum absolute atomic E-state index is 12.3. The van der Waals surface area contributed by atoms with Crippen molar-refractivity contribution in [1.82, 2.24) is 0 Å². The number of ether oxygens (including phenoxy) is 1. The smallest absolute Gasteiger partial charge is 0.406 e. The van der Waals surface area contributed by atoms with Gasteiger partial charge in [-0.15, -0.1) is 13.2 Å². The van der Waals surface area contributed by atoms with Crippen LogP contribution in [0.4, 0.5) is 13.2 Å². The third-order valence-corrected chi connectivity index (χ3v) is 7.59. The first-order valence-electron chi connectivity index (χ1n) is 12.3. The predicted octanol–water partition coefficient (Wildman–Crippen LogP) is 9.03. The zero-order valence-electron chi connectivity index (χ0n) is 18.6. The maximum Gasteiger partial charge on any atom is 0.573 e. The van der Waals surface area contributed by atoms with E-state index in [9.17, 15) is 13.2 Å². The summed E-state index contributed by atoms with van der Waals surface area (Å²) in [6.45, 7) is 2.29. The molecule has 0 radical (unpaired) electrons. The van der Waals surface area contributed by atoms with Crippen LogP contribution in [0, 0.1) is 17.8 Å². The molecule has 1 aromatic rings. The fraction of sp³-hybridized carbons (Fsp3) is 0.769. The fourth-order valence-electron chi connectivity index (χ4n) is 5.72. The predicted molar refractivity (Wildman–Crippen MR) is 117 cm³/mol. The van der Waals surface area contributed by atoms with Crippen molar-refractivity contribution < 1.29 is 17.9 Å². The minimum atomic E-state index is -4.62. The molecule has 1 nitrogen and oxygen atoms in total. The van der Waals surface area contributed by atoms with Crippen LogP contribution < -0.4 is 4.74 Å². The Kier molecular flexibility index (Phi) is 8.95. The lowest BCUT2D eigenvalue weighted by Crippen LogP contribution is -2.17. The molecule has 0 heterocycles. The first-order chi connectivity index (χ1) is 14.4. The van der Waals surface area contributed by atoms with E-state index in [-0.39, 0.29) is 5.75 Å². The van der Waals surface area contributed by atoms with E-state index in [2.05, 4.69) is 11.7 Å². The molecule has 0 unspecified atom stereocenters. The van der Waals surface area contributed by atoms with Gasteiger partial charge in [-0.2, -0.15) is 0 Å². The molecule has 0 bridgehead atoms. The van der Waals surface area contributed by atoms with Crippen molar-refractivity contribution in [2.45, 2.75) is 109 Å². The minimum Gasteiger partial charge on any atom is -0.406 e. The van der Waals surface area contributed by atoms with Gasteiger partial charge in [0.05, 0.1) is 0 Å². The summed E-state index contributed by atoms with van der Waals surface area (Å²) in [6, 6.07) is 6.52.